The summed E-state index contributed by atoms with van der Waals surface area (Å²) in [6.45, 7) is 7.52. The molecule has 0 radical (unpaired) electrons. The van der Waals surface area contributed by atoms with E-state index in [1.807, 2.05) is 0 Å². The summed E-state index contributed by atoms with van der Waals surface area (Å²) >= 11 is 0. The minimum absolute atomic E-state index is 0.291. The van der Waals surface area contributed by atoms with Crippen LogP contribution in [-0.4, -0.2) is 17.7 Å². The second-order valence-corrected chi connectivity index (χ2v) is 6.40. The zero-order valence-corrected chi connectivity index (χ0v) is 12.8. The van der Waals surface area contributed by atoms with Crippen LogP contribution < -0.4 is 4.74 Å². The fraction of sp³-hybridized carbons (Fsp3) is 0.588. The summed E-state index contributed by atoms with van der Waals surface area (Å²) in [4.78, 5) is 10.7. The van der Waals surface area contributed by atoms with Crippen molar-refractivity contribution in [3.8, 4) is 5.75 Å². The Morgan fingerprint density at radius 1 is 1.05 bits per heavy atom. The van der Waals surface area contributed by atoms with Crippen LogP contribution in [0.25, 0.3) is 0 Å². The standard InChI is InChI=1S/C17H26O3/c1-17(2,3)12-6-4-5-7-13-20-15-10-8-14(9-11-15)16(18)19/h8-11H,4-7,12-13H2,1-3H3,(H,18,19). The second-order valence-electron chi connectivity index (χ2n) is 6.40. The number of carboxylic acids is 1. The van der Waals surface area contributed by atoms with Gasteiger partial charge in [-0.15, -0.1) is 0 Å². The number of aromatic carboxylic acids is 1. The van der Waals surface area contributed by atoms with Crippen molar-refractivity contribution in [1.29, 1.82) is 0 Å². The van der Waals surface area contributed by atoms with Crippen LogP contribution in [0.15, 0.2) is 24.3 Å². The van der Waals surface area contributed by atoms with Crippen LogP contribution in [-0.2, 0) is 0 Å². The Bertz CT molecular complexity index is 401. The van der Waals surface area contributed by atoms with E-state index in [0.29, 0.717) is 17.6 Å². The van der Waals surface area contributed by atoms with Crippen LogP contribution in [0, 0.1) is 5.41 Å². The predicted octanol–water partition coefficient (Wildman–Crippen LogP) is 4.76. The molecular formula is C17H26O3. The third kappa shape index (κ3) is 7.17. The van der Waals surface area contributed by atoms with Gasteiger partial charge in [0.05, 0.1) is 12.2 Å². The van der Waals surface area contributed by atoms with Crippen LogP contribution in [0.3, 0.4) is 0 Å². The van der Waals surface area contributed by atoms with Crippen molar-refractivity contribution in [2.24, 2.45) is 5.41 Å². The molecule has 3 heteroatoms. The molecule has 0 heterocycles. The van der Waals surface area contributed by atoms with Crippen molar-refractivity contribution < 1.29 is 14.6 Å². The van der Waals surface area contributed by atoms with Crippen molar-refractivity contribution in [3.05, 3.63) is 29.8 Å². The molecule has 0 bridgehead atoms. The molecule has 3 nitrogen and oxygen atoms in total. The highest BCUT2D eigenvalue weighted by atomic mass is 16.5. The van der Waals surface area contributed by atoms with E-state index >= 15 is 0 Å². The Morgan fingerprint density at radius 2 is 1.65 bits per heavy atom. The molecule has 0 atom stereocenters. The lowest BCUT2D eigenvalue weighted by molar-refractivity contribution is 0.0697. The smallest absolute Gasteiger partial charge is 0.335 e. The number of rotatable bonds is 8. The number of hydrogen-bond acceptors (Lipinski definition) is 2. The zero-order chi connectivity index (χ0) is 15.0. The number of carboxylic acid groups (broad SMARTS) is 1. The first-order chi connectivity index (χ1) is 9.38. The van der Waals surface area contributed by atoms with Crippen LogP contribution in [0.2, 0.25) is 0 Å². The van der Waals surface area contributed by atoms with Gasteiger partial charge in [0.15, 0.2) is 0 Å². The zero-order valence-electron chi connectivity index (χ0n) is 12.8. The highest BCUT2D eigenvalue weighted by Crippen LogP contribution is 2.22. The van der Waals surface area contributed by atoms with Gasteiger partial charge in [-0.3, -0.25) is 0 Å². The molecule has 0 fully saturated rings. The van der Waals surface area contributed by atoms with E-state index in [2.05, 4.69) is 20.8 Å². The molecule has 1 aromatic rings. The van der Waals surface area contributed by atoms with Crippen LogP contribution in [0.5, 0.6) is 5.75 Å². The largest absolute Gasteiger partial charge is 0.494 e. The predicted molar refractivity (Wildman–Crippen MR) is 81.4 cm³/mol. The lowest BCUT2D eigenvalue weighted by Crippen LogP contribution is -2.04. The lowest BCUT2D eigenvalue weighted by atomic mass is 9.89. The van der Waals surface area contributed by atoms with Gasteiger partial charge in [0.1, 0.15) is 5.75 Å². The van der Waals surface area contributed by atoms with Gasteiger partial charge in [0.25, 0.3) is 0 Å². The topological polar surface area (TPSA) is 46.5 Å². The average Bonchev–Trinajstić information content (AvgIpc) is 2.37. The number of carbonyl (C=O) groups is 1. The van der Waals surface area contributed by atoms with Gasteiger partial charge in [0.2, 0.25) is 0 Å². The number of hydrogen-bond donors (Lipinski definition) is 1. The number of ether oxygens (including phenoxy) is 1. The van der Waals surface area contributed by atoms with Gasteiger partial charge in [-0.25, -0.2) is 4.79 Å². The number of unbranched alkanes of at least 4 members (excludes halogenated alkanes) is 3. The first kappa shape index (κ1) is 16.5. The Kier molecular flexibility index (Phi) is 6.56. The molecule has 0 unspecified atom stereocenters. The first-order valence-electron chi connectivity index (χ1n) is 7.35. The summed E-state index contributed by atoms with van der Waals surface area (Å²) in [5.74, 6) is -0.167. The van der Waals surface area contributed by atoms with Gasteiger partial charge >= 0.3 is 5.97 Å². The van der Waals surface area contributed by atoms with Crippen molar-refractivity contribution in [1.82, 2.24) is 0 Å². The minimum Gasteiger partial charge on any atom is -0.494 e. The maximum absolute atomic E-state index is 10.7. The molecule has 0 amide bonds. The van der Waals surface area contributed by atoms with Crippen molar-refractivity contribution in [2.45, 2.75) is 52.9 Å². The third-order valence-electron chi connectivity index (χ3n) is 3.19. The SMILES string of the molecule is CC(C)(C)CCCCCCOc1ccc(C(=O)O)cc1. The summed E-state index contributed by atoms with van der Waals surface area (Å²) in [6.07, 6.45) is 6.02. The minimum atomic E-state index is -0.907. The molecule has 0 saturated heterocycles. The summed E-state index contributed by atoms with van der Waals surface area (Å²) in [5.41, 5.74) is 0.724. The molecule has 112 valence electrons. The third-order valence-corrected chi connectivity index (χ3v) is 3.19. The van der Waals surface area contributed by atoms with Crippen LogP contribution in [0.4, 0.5) is 0 Å². The van der Waals surface area contributed by atoms with Gasteiger partial charge in [-0.05, 0) is 42.5 Å². The van der Waals surface area contributed by atoms with Crippen molar-refractivity contribution >= 4 is 5.97 Å². The first-order valence-corrected chi connectivity index (χ1v) is 7.35. The Balaban J connectivity index is 2.11. The van der Waals surface area contributed by atoms with Crippen molar-refractivity contribution in [3.63, 3.8) is 0 Å². The fourth-order valence-electron chi connectivity index (χ4n) is 1.99. The average molecular weight is 278 g/mol. The molecular weight excluding hydrogens is 252 g/mol. The summed E-state index contributed by atoms with van der Waals surface area (Å²) in [5, 5.41) is 8.79. The van der Waals surface area contributed by atoms with E-state index in [-0.39, 0.29) is 0 Å². The van der Waals surface area contributed by atoms with E-state index in [1.165, 1.54) is 25.7 Å². The molecule has 20 heavy (non-hydrogen) atoms. The van der Waals surface area contributed by atoms with E-state index in [9.17, 15) is 4.79 Å². The normalized spacial score (nSPS) is 11.3. The van der Waals surface area contributed by atoms with E-state index in [4.69, 9.17) is 9.84 Å². The van der Waals surface area contributed by atoms with E-state index < -0.39 is 5.97 Å². The molecule has 0 aromatic heterocycles. The molecule has 1 rings (SSSR count). The fourth-order valence-corrected chi connectivity index (χ4v) is 1.99. The Hall–Kier alpha value is -1.51. The molecule has 1 aromatic carbocycles. The Morgan fingerprint density at radius 3 is 2.20 bits per heavy atom. The lowest BCUT2D eigenvalue weighted by Gasteiger charge is -2.17. The Labute approximate surface area is 122 Å². The molecule has 0 aliphatic rings. The quantitative estimate of drug-likeness (QED) is 0.697. The van der Waals surface area contributed by atoms with Crippen LogP contribution in [0.1, 0.15) is 63.2 Å². The second kappa shape index (κ2) is 7.93. The maximum atomic E-state index is 10.7. The molecule has 0 aliphatic heterocycles. The van der Waals surface area contributed by atoms with Gasteiger partial charge in [0, 0.05) is 0 Å². The van der Waals surface area contributed by atoms with Gasteiger partial charge in [-0.1, -0.05) is 40.0 Å². The monoisotopic (exact) mass is 278 g/mol. The molecule has 1 N–H and O–H groups in total. The van der Waals surface area contributed by atoms with E-state index in [0.717, 1.165) is 12.2 Å². The number of benzene rings is 1. The molecule has 0 aliphatic carbocycles. The highest BCUT2D eigenvalue weighted by Gasteiger charge is 2.08. The molecule has 0 spiro atoms. The van der Waals surface area contributed by atoms with E-state index in [1.54, 1.807) is 24.3 Å². The molecule has 0 saturated carbocycles. The summed E-state index contributed by atoms with van der Waals surface area (Å²) < 4.78 is 5.60. The van der Waals surface area contributed by atoms with Gasteiger partial charge in [-0.2, -0.15) is 0 Å². The maximum Gasteiger partial charge on any atom is 0.335 e. The summed E-state index contributed by atoms with van der Waals surface area (Å²) in [6, 6.07) is 6.56. The van der Waals surface area contributed by atoms with Crippen molar-refractivity contribution in [2.75, 3.05) is 6.61 Å². The highest BCUT2D eigenvalue weighted by molar-refractivity contribution is 5.87. The summed E-state index contributed by atoms with van der Waals surface area (Å²) in [7, 11) is 0. The van der Waals surface area contributed by atoms with Crippen LogP contribution >= 0.6 is 0 Å². The van der Waals surface area contributed by atoms with Gasteiger partial charge < -0.3 is 9.84 Å².